The molecule has 2 aromatic carbocycles. The molecule has 1 N–H and O–H groups in total. The van der Waals surface area contributed by atoms with Crippen molar-refractivity contribution in [2.75, 3.05) is 0 Å². The first-order valence-electron chi connectivity index (χ1n) is 11.4. The van der Waals surface area contributed by atoms with Gasteiger partial charge in [-0.25, -0.2) is 0 Å². The molecule has 0 heterocycles. The second-order valence-electron chi connectivity index (χ2n) is 8.52. The fourth-order valence-electron chi connectivity index (χ4n) is 4.38. The van der Waals surface area contributed by atoms with Gasteiger partial charge in [-0.2, -0.15) is 0 Å². The molecular weight excluding hydrogens is 408 g/mol. The fraction of sp³-hybridized carbons (Fsp3) is 0.462. The molecule has 5 heteroatoms. The predicted molar refractivity (Wildman–Crippen MR) is 126 cm³/mol. The van der Waals surface area contributed by atoms with Gasteiger partial charge in [-0.1, -0.05) is 79.4 Å². The molecule has 1 fully saturated rings. The standard InChI is InChI=1S/C26H33ClN2O2/c1-3-24(26(31)28-22-12-5-6-13-22)29(18-20-10-8-9-19(2)17-20)25(30)16-15-21-11-4-7-14-23(21)27/h4,7-11,14,17,22,24H,3,5-6,12-13,15-16,18H2,1-2H3,(H,28,31). The third-order valence-electron chi connectivity index (χ3n) is 6.09. The number of aryl methyl sites for hydroxylation is 2. The van der Waals surface area contributed by atoms with Gasteiger partial charge in [0.2, 0.25) is 11.8 Å². The number of amides is 2. The summed E-state index contributed by atoms with van der Waals surface area (Å²) in [5.74, 6) is -0.0528. The van der Waals surface area contributed by atoms with Crippen LogP contribution in [0, 0.1) is 6.92 Å². The van der Waals surface area contributed by atoms with Crippen molar-refractivity contribution in [3.05, 3.63) is 70.2 Å². The van der Waals surface area contributed by atoms with E-state index >= 15 is 0 Å². The Labute approximate surface area is 191 Å². The van der Waals surface area contributed by atoms with Crippen LogP contribution in [0.15, 0.2) is 48.5 Å². The van der Waals surface area contributed by atoms with Crippen molar-refractivity contribution in [2.45, 2.75) is 77.4 Å². The maximum Gasteiger partial charge on any atom is 0.243 e. The van der Waals surface area contributed by atoms with E-state index in [-0.39, 0.29) is 17.9 Å². The summed E-state index contributed by atoms with van der Waals surface area (Å²) in [4.78, 5) is 28.3. The highest BCUT2D eigenvalue weighted by molar-refractivity contribution is 6.31. The number of carbonyl (C=O) groups excluding carboxylic acids is 2. The number of nitrogens with one attached hydrogen (secondary N) is 1. The first-order chi connectivity index (χ1) is 15.0. The lowest BCUT2D eigenvalue weighted by Gasteiger charge is -2.31. The summed E-state index contributed by atoms with van der Waals surface area (Å²) < 4.78 is 0. The SMILES string of the molecule is CCC(C(=O)NC1CCCC1)N(Cc1cccc(C)c1)C(=O)CCc1ccccc1Cl. The van der Waals surface area contributed by atoms with Crippen LogP contribution in [-0.2, 0) is 22.6 Å². The van der Waals surface area contributed by atoms with Gasteiger partial charge in [-0.3, -0.25) is 9.59 Å². The normalized spacial score (nSPS) is 14.9. The largest absolute Gasteiger partial charge is 0.352 e. The Morgan fingerprint density at radius 1 is 1.13 bits per heavy atom. The first kappa shape index (κ1) is 23.3. The van der Waals surface area contributed by atoms with E-state index in [0.29, 0.717) is 30.8 Å². The van der Waals surface area contributed by atoms with E-state index in [9.17, 15) is 9.59 Å². The van der Waals surface area contributed by atoms with Crippen LogP contribution in [0.25, 0.3) is 0 Å². The van der Waals surface area contributed by atoms with Crippen LogP contribution in [0.3, 0.4) is 0 Å². The molecule has 0 spiro atoms. The summed E-state index contributed by atoms with van der Waals surface area (Å²) in [7, 11) is 0. The molecule has 0 aliphatic heterocycles. The fourth-order valence-corrected chi connectivity index (χ4v) is 4.61. The molecule has 0 aromatic heterocycles. The van der Waals surface area contributed by atoms with E-state index in [2.05, 4.69) is 11.4 Å². The molecule has 2 aromatic rings. The number of hydrogen-bond acceptors (Lipinski definition) is 2. The van der Waals surface area contributed by atoms with Crippen molar-refractivity contribution in [3.63, 3.8) is 0 Å². The molecule has 0 radical (unpaired) electrons. The second kappa shape index (κ2) is 11.3. The van der Waals surface area contributed by atoms with Crippen LogP contribution in [-0.4, -0.2) is 28.8 Å². The molecule has 3 rings (SSSR count). The van der Waals surface area contributed by atoms with Gasteiger partial charge in [0.25, 0.3) is 0 Å². The van der Waals surface area contributed by atoms with Crippen LogP contribution >= 0.6 is 11.6 Å². The number of hydrogen-bond donors (Lipinski definition) is 1. The molecule has 4 nitrogen and oxygen atoms in total. The summed E-state index contributed by atoms with van der Waals surface area (Å²) in [5, 5.41) is 3.86. The third kappa shape index (κ3) is 6.57. The van der Waals surface area contributed by atoms with Gasteiger partial charge in [0.1, 0.15) is 6.04 Å². The molecule has 166 valence electrons. The Kier molecular flexibility index (Phi) is 8.53. The molecule has 1 aliphatic carbocycles. The molecule has 2 amide bonds. The molecular formula is C26H33ClN2O2. The van der Waals surface area contributed by atoms with E-state index in [1.807, 2.05) is 56.3 Å². The van der Waals surface area contributed by atoms with E-state index in [1.165, 1.54) is 0 Å². The lowest BCUT2D eigenvalue weighted by molar-refractivity contribution is -0.141. The molecule has 1 aliphatic rings. The topological polar surface area (TPSA) is 49.4 Å². The van der Waals surface area contributed by atoms with Crippen LogP contribution < -0.4 is 5.32 Å². The average Bonchev–Trinajstić information content (AvgIpc) is 3.26. The Balaban J connectivity index is 1.77. The van der Waals surface area contributed by atoms with Crippen molar-refractivity contribution in [1.82, 2.24) is 10.2 Å². The minimum atomic E-state index is -0.472. The average molecular weight is 441 g/mol. The molecule has 1 unspecified atom stereocenters. The summed E-state index contributed by atoms with van der Waals surface area (Å²) >= 11 is 6.28. The number of halogens is 1. The number of benzene rings is 2. The van der Waals surface area contributed by atoms with Gasteiger partial charge in [0.05, 0.1) is 0 Å². The lowest BCUT2D eigenvalue weighted by Crippen LogP contribution is -2.51. The molecule has 0 saturated heterocycles. The minimum absolute atomic E-state index is 0.0187. The second-order valence-corrected chi connectivity index (χ2v) is 8.92. The van der Waals surface area contributed by atoms with Gasteiger partial charge >= 0.3 is 0 Å². The zero-order valence-corrected chi connectivity index (χ0v) is 19.3. The predicted octanol–water partition coefficient (Wildman–Crippen LogP) is 5.45. The molecule has 1 atom stereocenters. The highest BCUT2D eigenvalue weighted by Gasteiger charge is 2.30. The van der Waals surface area contributed by atoms with Gasteiger partial charge in [-0.05, 0) is 49.8 Å². The maximum atomic E-state index is 13.4. The zero-order chi connectivity index (χ0) is 22.2. The van der Waals surface area contributed by atoms with Gasteiger partial charge in [0, 0.05) is 24.0 Å². The molecule has 1 saturated carbocycles. The lowest BCUT2D eigenvalue weighted by atomic mass is 10.0. The molecule has 0 bridgehead atoms. The molecule has 31 heavy (non-hydrogen) atoms. The number of carbonyl (C=O) groups is 2. The van der Waals surface area contributed by atoms with Crippen molar-refractivity contribution in [1.29, 1.82) is 0 Å². The third-order valence-corrected chi connectivity index (χ3v) is 6.46. The highest BCUT2D eigenvalue weighted by atomic mass is 35.5. The Morgan fingerprint density at radius 2 is 1.87 bits per heavy atom. The van der Waals surface area contributed by atoms with Crippen LogP contribution in [0.5, 0.6) is 0 Å². The number of rotatable bonds is 9. The first-order valence-corrected chi connectivity index (χ1v) is 11.7. The summed E-state index contributed by atoms with van der Waals surface area (Å²) in [5.41, 5.74) is 3.14. The highest BCUT2D eigenvalue weighted by Crippen LogP contribution is 2.21. The summed E-state index contributed by atoms with van der Waals surface area (Å²) in [6, 6.07) is 15.5. The van der Waals surface area contributed by atoms with E-state index < -0.39 is 6.04 Å². The van der Waals surface area contributed by atoms with Gasteiger partial charge < -0.3 is 10.2 Å². The van der Waals surface area contributed by atoms with Gasteiger partial charge in [0.15, 0.2) is 0 Å². The summed E-state index contributed by atoms with van der Waals surface area (Å²) in [6.45, 7) is 4.44. The quantitative estimate of drug-likeness (QED) is 0.563. The van der Waals surface area contributed by atoms with Crippen molar-refractivity contribution >= 4 is 23.4 Å². The van der Waals surface area contributed by atoms with Gasteiger partial charge in [-0.15, -0.1) is 0 Å². The van der Waals surface area contributed by atoms with Crippen LogP contribution in [0.2, 0.25) is 5.02 Å². The monoisotopic (exact) mass is 440 g/mol. The van der Waals surface area contributed by atoms with Crippen molar-refractivity contribution in [3.8, 4) is 0 Å². The van der Waals surface area contributed by atoms with E-state index in [4.69, 9.17) is 11.6 Å². The van der Waals surface area contributed by atoms with E-state index in [0.717, 1.165) is 42.4 Å². The minimum Gasteiger partial charge on any atom is -0.352 e. The van der Waals surface area contributed by atoms with Crippen molar-refractivity contribution < 1.29 is 9.59 Å². The smallest absolute Gasteiger partial charge is 0.243 e. The van der Waals surface area contributed by atoms with Crippen molar-refractivity contribution in [2.24, 2.45) is 0 Å². The van der Waals surface area contributed by atoms with E-state index in [1.54, 1.807) is 4.90 Å². The Bertz CT molecular complexity index is 892. The number of nitrogens with zero attached hydrogens (tertiary/aromatic N) is 1. The Hall–Kier alpha value is -2.33. The zero-order valence-electron chi connectivity index (χ0n) is 18.6. The Morgan fingerprint density at radius 3 is 2.55 bits per heavy atom. The van der Waals surface area contributed by atoms with Crippen LogP contribution in [0.1, 0.15) is 62.1 Å². The maximum absolute atomic E-state index is 13.4. The summed E-state index contributed by atoms with van der Waals surface area (Å²) in [6.07, 6.45) is 5.84. The van der Waals surface area contributed by atoms with Crippen LogP contribution in [0.4, 0.5) is 0 Å².